The largest absolute Gasteiger partial charge is 0.362 e. The summed E-state index contributed by atoms with van der Waals surface area (Å²) in [6.45, 7) is 15.1. The molecule has 0 aromatic rings. The molecular formula is C10H21N3OSi. The molecule has 0 spiro atoms. The number of rotatable bonds is 8. The van der Waals surface area contributed by atoms with Crippen LogP contribution in [-0.4, -0.2) is 34.5 Å². The fourth-order valence-electron chi connectivity index (χ4n) is 0.741. The molecule has 0 rings (SSSR count). The van der Waals surface area contributed by atoms with Gasteiger partial charge in [0, 0.05) is 14.7 Å². The maximum absolute atomic E-state index is 5.40. The Labute approximate surface area is 93.2 Å². The molecule has 0 aliphatic heterocycles. The first kappa shape index (κ1) is 14.1. The number of nitrogens with one attached hydrogen (secondary N) is 1. The molecule has 0 aliphatic rings. The molecule has 0 aromatic heterocycles. The van der Waals surface area contributed by atoms with Crippen LogP contribution in [0.2, 0.25) is 25.7 Å². The van der Waals surface area contributed by atoms with E-state index in [0.29, 0.717) is 12.6 Å². The molecule has 0 fully saturated rings. The molecular weight excluding hydrogens is 206 g/mol. The second kappa shape index (κ2) is 7.36. The molecule has 0 saturated carbocycles. The van der Waals surface area contributed by atoms with E-state index in [2.05, 4.69) is 48.2 Å². The molecule has 0 aliphatic carbocycles. The lowest BCUT2D eigenvalue weighted by Crippen LogP contribution is -2.24. The predicted octanol–water partition coefficient (Wildman–Crippen LogP) is 2.09. The van der Waals surface area contributed by atoms with E-state index in [4.69, 9.17) is 4.74 Å². The van der Waals surface area contributed by atoms with Crippen molar-refractivity contribution in [3.63, 3.8) is 0 Å². The Bertz CT molecular complexity index is 233. The fraction of sp³-hybridized carbons (Fsp3) is 0.600. The minimum Gasteiger partial charge on any atom is -0.362 e. The highest BCUT2D eigenvalue weighted by atomic mass is 28.3. The Morgan fingerprint density at radius 3 is 2.67 bits per heavy atom. The number of hydrogen-bond acceptors (Lipinski definition) is 3. The van der Waals surface area contributed by atoms with Crippen molar-refractivity contribution < 1.29 is 4.74 Å². The van der Waals surface area contributed by atoms with Crippen molar-refractivity contribution in [1.29, 1.82) is 0 Å². The Balaban J connectivity index is 3.43. The normalized spacial score (nSPS) is 11.7. The second-order valence-corrected chi connectivity index (χ2v) is 10.0. The van der Waals surface area contributed by atoms with Crippen molar-refractivity contribution in [2.45, 2.75) is 25.7 Å². The van der Waals surface area contributed by atoms with Gasteiger partial charge in [0.1, 0.15) is 18.9 Å². The summed E-state index contributed by atoms with van der Waals surface area (Å²) in [5.41, 5.74) is 0. The zero-order chi connectivity index (χ0) is 11.7. The molecule has 0 atom stereocenters. The monoisotopic (exact) mass is 227 g/mol. The van der Waals surface area contributed by atoms with Gasteiger partial charge in [-0.3, -0.25) is 4.99 Å². The maximum Gasteiger partial charge on any atom is 0.122 e. The molecule has 15 heavy (non-hydrogen) atoms. The van der Waals surface area contributed by atoms with Gasteiger partial charge in [0.25, 0.3) is 0 Å². The summed E-state index contributed by atoms with van der Waals surface area (Å²) < 4.78 is 5.40. The van der Waals surface area contributed by atoms with Crippen LogP contribution in [-0.2, 0) is 4.74 Å². The molecule has 4 nitrogen and oxygen atoms in total. The topological polar surface area (TPSA) is 46.0 Å². The first-order chi connectivity index (χ1) is 6.95. The summed E-state index contributed by atoms with van der Waals surface area (Å²) >= 11 is 0. The van der Waals surface area contributed by atoms with Crippen LogP contribution < -0.4 is 5.32 Å². The summed E-state index contributed by atoms with van der Waals surface area (Å²) in [6.07, 6.45) is 1.34. The molecule has 1 N–H and O–H groups in total. The van der Waals surface area contributed by atoms with Crippen molar-refractivity contribution in [3.05, 3.63) is 12.4 Å². The minimum absolute atomic E-state index is 0.442. The zero-order valence-corrected chi connectivity index (χ0v) is 10.9. The van der Waals surface area contributed by atoms with Crippen LogP contribution >= 0.6 is 0 Å². The summed E-state index contributed by atoms with van der Waals surface area (Å²) in [7, 11) is -0.983. The summed E-state index contributed by atoms with van der Waals surface area (Å²) in [6, 6.07) is 1.17. The van der Waals surface area contributed by atoms with Gasteiger partial charge in [-0.25, -0.2) is 4.99 Å². The van der Waals surface area contributed by atoms with Gasteiger partial charge >= 0.3 is 0 Å². The Morgan fingerprint density at radius 1 is 1.47 bits per heavy atom. The van der Waals surface area contributed by atoms with Crippen molar-refractivity contribution in [3.8, 4) is 0 Å². The van der Waals surface area contributed by atoms with Gasteiger partial charge < -0.3 is 10.1 Å². The van der Waals surface area contributed by atoms with Gasteiger partial charge in [0.15, 0.2) is 0 Å². The SMILES string of the molecule is C=NC=NC(=C)NCOCC[Si](C)(C)C. The van der Waals surface area contributed by atoms with Gasteiger partial charge in [-0.15, -0.1) is 0 Å². The lowest BCUT2D eigenvalue weighted by molar-refractivity contribution is 0.135. The van der Waals surface area contributed by atoms with Gasteiger partial charge in [0.2, 0.25) is 0 Å². The van der Waals surface area contributed by atoms with Gasteiger partial charge in [-0.05, 0) is 12.8 Å². The van der Waals surface area contributed by atoms with Gasteiger partial charge in [-0.1, -0.05) is 26.2 Å². The molecule has 0 radical (unpaired) electrons. The number of hydrogen-bond donors (Lipinski definition) is 1. The van der Waals surface area contributed by atoms with E-state index in [1.165, 1.54) is 12.4 Å². The van der Waals surface area contributed by atoms with E-state index in [-0.39, 0.29) is 0 Å². The molecule has 5 heteroatoms. The molecule has 0 bridgehead atoms. The van der Waals surface area contributed by atoms with Crippen LogP contribution in [0, 0.1) is 0 Å². The van der Waals surface area contributed by atoms with Crippen LogP contribution in [0.1, 0.15) is 0 Å². The van der Waals surface area contributed by atoms with E-state index in [1.807, 2.05) is 0 Å². The summed E-state index contributed by atoms with van der Waals surface area (Å²) in [5.74, 6) is 0.537. The average Bonchev–Trinajstić information content (AvgIpc) is 2.12. The minimum atomic E-state index is -0.983. The average molecular weight is 227 g/mol. The van der Waals surface area contributed by atoms with E-state index in [0.717, 1.165) is 6.61 Å². The number of aliphatic imine (C=N–C) groups is 2. The highest BCUT2D eigenvalue weighted by molar-refractivity contribution is 6.76. The van der Waals surface area contributed by atoms with Crippen LogP contribution in [0.3, 0.4) is 0 Å². The smallest absolute Gasteiger partial charge is 0.122 e. The van der Waals surface area contributed by atoms with E-state index in [9.17, 15) is 0 Å². The van der Waals surface area contributed by atoms with E-state index < -0.39 is 8.07 Å². The lowest BCUT2D eigenvalue weighted by atomic mass is 10.8. The molecule has 0 saturated heterocycles. The zero-order valence-electron chi connectivity index (χ0n) is 9.92. The van der Waals surface area contributed by atoms with E-state index >= 15 is 0 Å². The molecule has 0 unspecified atom stereocenters. The number of nitrogens with zero attached hydrogens (tertiary/aromatic N) is 2. The van der Waals surface area contributed by atoms with Crippen molar-refractivity contribution >= 4 is 21.1 Å². The molecule has 0 aromatic carbocycles. The highest BCUT2D eigenvalue weighted by Gasteiger charge is 2.11. The third-order valence-corrected chi connectivity index (χ3v) is 3.37. The number of ether oxygens (including phenoxy) is 1. The predicted molar refractivity (Wildman–Crippen MR) is 69.3 cm³/mol. The molecule has 0 amide bonds. The Morgan fingerprint density at radius 2 is 2.13 bits per heavy atom. The second-order valence-electron chi connectivity index (χ2n) is 4.41. The van der Waals surface area contributed by atoms with Crippen LogP contribution in [0.25, 0.3) is 0 Å². The Hall–Kier alpha value is -0.943. The standard InChI is InChI=1S/C10H21N3OSi/c1-10(12-8-11-2)13-9-14-6-7-15(3,4)5/h8,13H,1-2,6-7,9H2,3-5H3. The fourth-order valence-corrected chi connectivity index (χ4v) is 1.50. The Kier molecular flexibility index (Phi) is 6.90. The van der Waals surface area contributed by atoms with Crippen LogP contribution in [0.5, 0.6) is 0 Å². The van der Waals surface area contributed by atoms with Gasteiger partial charge in [-0.2, -0.15) is 0 Å². The summed E-state index contributed by atoms with van der Waals surface area (Å²) in [4.78, 5) is 7.33. The van der Waals surface area contributed by atoms with Crippen molar-refractivity contribution in [1.82, 2.24) is 5.32 Å². The third-order valence-electron chi connectivity index (χ3n) is 1.67. The third kappa shape index (κ3) is 11.0. The molecule has 0 heterocycles. The quantitative estimate of drug-likeness (QED) is 0.227. The maximum atomic E-state index is 5.40. The first-order valence-electron chi connectivity index (χ1n) is 4.94. The first-order valence-corrected chi connectivity index (χ1v) is 8.65. The van der Waals surface area contributed by atoms with Crippen LogP contribution in [0.4, 0.5) is 0 Å². The van der Waals surface area contributed by atoms with Gasteiger partial charge in [0.05, 0.1) is 0 Å². The summed E-state index contributed by atoms with van der Waals surface area (Å²) in [5, 5.41) is 2.92. The van der Waals surface area contributed by atoms with E-state index in [1.54, 1.807) is 0 Å². The highest BCUT2D eigenvalue weighted by Crippen LogP contribution is 2.07. The van der Waals surface area contributed by atoms with Crippen LogP contribution in [0.15, 0.2) is 22.4 Å². The lowest BCUT2D eigenvalue weighted by Gasteiger charge is -2.15. The van der Waals surface area contributed by atoms with Crippen molar-refractivity contribution in [2.24, 2.45) is 9.98 Å². The van der Waals surface area contributed by atoms with Crippen molar-refractivity contribution in [2.75, 3.05) is 13.3 Å². The molecule has 86 valence electrons.